The van der Waals surface area contributed by atoms with Gasteiger partial charge in [-0.1, -0.05) is 30.3 Å². The van der Waals surface area contributed by atoms with E-state index in [4.69, 9.17) is 0 Å². The van der Waals surface area contributed by atoms with E-state index in [1.165, 1.54) is 0 Å². The van der Waals surface area contributed by atoms with E-state index in [-0.39, 0.29) is 11.9 Å². The maximum absolute atomic E-state index is 12.6. The van der Waals surface area contributed by atoms with E-state index in [0.717, 1.165) is 18.7 Å². The molecular weight excluding hydrogens is 304 g/mol. The summed E-state index contributed by atoms with van der Waals surface area (Å²) >= 11 is 0. The number of amides is 1. The normalized spacial score (nSPS) is 18.3. The third kappa shape index (κ3) is 3.83. The Morgan fingerprint density at radius 3 is 2.54 bits per heavy atom. The number of carbonyl (C=O) groups excluding carboxylic acids is 1. The molecule has 0 saturated carbocycles. The monoisotopic (exact) mass is 328 g/mol. The van der Waals surface area contributed by atoms with Crippen molar-refractivity contribution in [2.24, 2.45) is 0 Å². The molecule has 2 aromatic rings. The Bertz CT molecular complexity index is 636. The number of aliphatic hydroxyl groups excluding tert-OH is 1. The second-order valence-electron chi connectivity index (χ2n) is 6.24. The molecule has 1 saturated heterocycles. The molecule has 1 fully saturated rings. The molecule has 1 aromatic heterocycles. The summed E-state index contributed by atoms with van der Waals surface area (Å²) < 4.78 is 1.83. The molecule has 1 aromatic carbocycles. The Balaban J connectivity index is 1.50. The highest BCUT2D eigenvalue weighted by Gasteiger charge is 2.26. The first kappa shape index (κ1) is 16.7. The average molecular weight is 328 g/mol. The minimum absolute atomic E-state index is 0.122. The van der Waals surface area contributed by atoms with Crippen molar-refractivity contribution < 1.29 is 9.90 Å². The Morgan fingerprint density at radius 2 is 1.92 bits per heavy atom. The summed E-state index contributed by atoms with van der Waals surface area (Å²) in [5.74, 6) is 0.122. The highest BCUT2D eigenvalue weighted by Crippen LogP contribution is 2.16. The fourth-order valence-electron chi connectivity index (χ4n) is 3.07. The van der Waals surface area contributed by atoms with Crippen LogP contribution in [0.3, 0.4) is 0 Å². The van der Waals surface area contributed by atoms with Crippen LogP contribution in [0, 0.1) is 0 Å². The molecule has 0 spiro atoms. The summed E-state index contributed by atoms with van der Waals surface area (Å²) in [6.07, 6.45) is 4.69. The van der Waals surface area contributed by atoms with E-state index in [1.54, 1.807) is 12.5 Å². The number of carbonyl (C=O) groups is 1. The lowest BCUT2D eigenvalue weighted by molar-refractivity contribution is -0.136. The van der Waals surface area contributed by atoms with Gasteiger partial charge in [0.25, 0.3) is 0 Å². The molecule has 3 rings (SSSR count). The van der Waals surface area contributed by atoms with Gasteiger partial charge >= 0.3 is 0 Å². The number of hydrogen-bond acceptors (Lipinski definition) is 4. The van der Waals surface area contributed by atoms with E-state index >= 15 is 0 Å². The molecule has 24 heavy (non-hydrogen) atoms. The fraction of sp³-hybridized carbons (Fsp3) is 0.444. The minimum Gasteiger partial charge on any atom is -0.387 e. The number of benzene rings is 1. The molecule has 1 aliphatic heterocycles. The topological polar surface area (TPSA) is 61.6 Å². The van der Waals surface area contributed by atoms with E-state index in [1.807, 2.05) is 52.9 Å². The highest BCUT2D eigenvalue weighted by atomic mass is 16.3. The summed E-state index contributed by atoms with van der Waals surface area (Å²) in [4.78, 5) is 20.7. The average Bonchev–Trinajstić information content (AvgIpc) is 3.16. The van der Waals surface area contributed by atoms with Crippen molar-refractivity contribution in [1.82, 2.24) is 19.4 Å². The number of rotatable bonds is 5. The fourth-order valence-corrected chi connectivity index (χ4v) is 3.07. The Labute approximate surface area is 142 Å². The van der Waals surface area contributed by atoms with Crippen LogP contribution in [0.15, 0.2) is 49.1 Å². The van der Waals surface area contributed by atoms with Crippen LogP contribution in [0.1, 0.15) is 24.6 Å². The molecule has 2 atom stereocenters. The standard InChI is InChI=1S/C18H24N4O2/c1-15(22-8-7-19-14-22)18(24)21-11-9-20(10-12-21)13-17(23)16-5-3-2-4-6-16/h2-8,14-15,17,23H,9-13H2,1H3/t15-,17-/m1/s1. The smallest absolute Gasteiger partial charge is 0.245 e. The van der Waals surface area contributed by atoms with Gasteiger partial charge in [-0.15, -0.1) is 0 Å². The zero-order chi connectivity index (χ0) is 16.9. The van der Waals surface area contributed by atoms with Crippen LogP contribution in [0.5, 0.6) is 0 Å². The van der Waals surface area contributed by atoms with Gasteiger partial charge in [-0.3, -0.25) is 9.69 Å². The molecule has 6 heteroatoms. The van der Waals surface area contributed by atoms with Gasteiger partial charge in [0.05, 0.1) is 12.4 Å². The summed E-state index contributed by atoms with van der Waals surface area (Å²) in [6, 6.07) is 9.48. The van der Waals surface area contributed by atoms with Crippen LogP contribution in [0.2, 0.25) is 0 Å². The summed E-state index contributed by atoms with van der Waals surface area (Å²) in [6.45, 7) is 5.45. The second kappa shape index (κ2) is 7.59. The number of β-amino-alcohol motifs (C(OH)–C–C–N with tert-alkyl or cyclic N) is 1. The molecule has 1 amide bonds. The van der Waals surface area contributed by atoms with Crippen molar-refractivity contribution >= 4 is 5.91 Å². The first-order chi connectivity index (χ1) is 11.6. The van der Waals surface area contributed by atoms with Crippen LogP contribution in [0.4, 0.5) is 0 Å². The van der Waals surface area contributed by atoms with Crippen molar-refractivity contribution in [3.05, 3.63) is 54.6 Å². The predicted molar refractivity (Wildman–Crippen MR) is 91.4 cm³/mol. The van der Waals surface area contributed by atoms with Crippen LogP contribution in [-0.4, -0.2) is 63.1 Å². The Morgan fingerprint density at radius 1 is 1.21 bits per heavy atom. The van der Waals surface area contributed by atoms with Gasteiger partial charge in [-0.25, -0.2) is 4.98 Å². The quantitative estimate of drug-likeness (QED) is 0.899. The molecule has 1 aliphatic rings. The lowest BCUT2D eigenvalue weighted by Crippen LogP contribution is -2.50. The van der Waals surface area contributed by atoms with Crippen molar-refractivity contribution in [1.29, 1.82) is 0 Å². The first-order valence-corrected chi connectivity index (χ1v) is 8.37. The molecule has 1 N–H and O–H groups in total. The Kier molecular flexibility index (Phi) is 5.27. The number of hydrogen-bond donors (Lipinski definition) is 1. The Hall–Kier alpha value is -2.18. The second-order valence-corrected chi connectivity index (χ2v) is 6.24. The molecule has 0 aliphatic carbocycles. The number of aliphatic hydroxyl groups is 1. The van der Waals surface area contributed by atoms with Gasteiger partial charge in [0.2, 0.25) is 5.91 Å². The van der Waals surface area contributed by atoms with Gasteiger partial charge in [0.1, 0.15) is 6.04 Å². The van der Waals surface area contributed by atoms with Crippen LogP contribution in [-0.2, 0) is 4.79 Å². The maximum Gasteiger partial charge on any atom is 0.245 e. The van der Waals surface area contributed by atoms with Crippen molar-refractivity contribution in [3.63, 3.8) is 0 Å². The minimum atomic E-state index is -0.488. The molecule has 128 valence electrons. The number of imidazole rings is 1. The van der Waals surface area contributed by atoms with Crippen LogP contribution >= 0.6 is 0 Å². The van der Waals surface area contributed by atoms with E-state index in [9.17, 15) is 9.90 Å². The highest BCUT2D eigenvalue weighted by molar-refractivity contribution is 5.80. The number of aromatic nitrogens is 2. The lowest BCUT2D eigenvalue weighted by atomic mass is 10.1. The van der Waals surface area contributed by atoms with Gasteiger partial charge < -0.3 is 14.6 Å². The third-order valence-corrected chi connectivity index (χ3v) is 4.63. The van der Waals surface area contributed by atoms with Crippen LogP contribution in [0.25, 0.3) is 0 Å². The summed E-state index contributed by atoms with van der Waals surface area (Å²) in [7, 11) is 0. The molecule has 2 heterocycles. The van der Waals surface area contributed by atoms with E-state index in [2.05, 4.69) is 9.88 Å². The molecule has 0 bridgehead atoms. The van der Waals surface area contributed by atoms with Crippen molar-refractivity contribution in [2.45, 2.75) is 19.1 Å². The SMILES string of the molecule is C[C@H](C(=O)N1CCN(C[C@@H](O)c2ccccc2)CC1)n1ccnc1. The summed E-state index contributed by atoms with van der Waals surface area (Å²) in [5.41, 5.74) is 0.935. The molecule has 0 radical (unpaired) electrons. The largest absolute Gasteiger partial charge is 0.387 e. The van der Waals surface area contributed by atoms with Crippen molar-refractivity contribution in [2.75, 3.05) is 32.7 Å². The first-order valence-electron chi connectivity index (χ1n) is 8.37. The van der Waals surface area contributed by atoms with E-state index in [0.29, 0.717) is 19.6 Å². The molecule has 6 nitrogen and oxygen atoms in total. The van der Waals surface area contributed by atoms with Gasteiger partial charge in [0, 0.05) is 45.1 Å². The number of piperazine rings is 1. The predicted octanol–water partition coefficient (Wildman–Crippen LogP) is 1.32. The third-order valence-electron chi connectivity index (χ3n) is 4.63. The summed E-state index contributed by atoms with van der Waals surface area (Å²) in [5, 5.41) is 10.3. The number of nitrogens with zero attached hydrogens (tertiary/aromatic N) is 4. The van der Waals surface area contributed by atoms with Crippen LogP contribution < -0.4 is 0 Å². The maximum atomic E-state index is 12.6. The van der Waals surface area contributed by atoms with Gasteiger partial charge in [-0.2, -0.15) is 0 Å². The van der Waals surface area contributed by atoms with Gasteiger partial charge in [0.15, 0.2) is 0 Å². The van der Waals surface area contributed by atoms with Crippen molar-refractivity contribution in [3.8, 4) is 0 Å². The van der Waals surface area contributed by atoms with Gasteiger partial charge in [-0.05, 0) is 12.5 Å². The zero-order valence-corrected chi connectivity index (χ0v) is 14.0. The van der Waals surface area contributed by atoms with E-state index < -0.39 is 6.10 Å². The molecule has 0 unspecified atom stereocenters. The lowest BCUT2D eigenvalue weighted by Gasteiger charge is -2.36. The zero-order valence-electron chi connectivity index (χ0n) is 14.0. The molecular formula is C18H24N4O2.